The molecule has 0 radical (unpaired) electrons. The molecule has 0 fully saturated rings. The van der Waals surface area contributed by atoms with Crippen LogP contribution in [0.2, 0.25) is 0 Å². The van der Waals surface area contributed by atoms with Gasteiger partial charge in [0.25, 0.3) is 0 Å². The first-order valence-electron chi connectivity index (χ1n) is 9.91. The van der Waals surface area contributed by atoms with Gasteiger partial charge < -0.3 is 17.0 Å². The van der Waals surface area contributed by atoms with Crippen molar-refractivity contribution in [2.75, 3.05) is 20.0 Å². The third-order valence-corrected chi connectivity index (χ3v) is 7.38. The van der Waals surface area contributed by atoms with Gasteiger partial charge in [-0.25, -0.2) is 0 Å². The van der Waals surface area contributed by atoms with E-state index in [2.05, 4.69) is 57.3 Å². The van der Waals surface area contributed by atoms with E-state index in [1.54, 1.807) is 5.56 Å². The summed E-state index contributed by atoms with van der Waals surface area (Å²) in [4.78, 5) is 0. The Labute approximate surface area is 163 Å². The zero-order valence-electron chi connectivity index (χ0n) is 16.6. The van der Waals surface area contributed by atoms with Gasteiger partial charge >= 0.3 is 0 Å². The first-order valence-corrected chi connectivity index (χ1v) is 13.1. The van der Waals surface area contributed by atoms with Crippen molar-refractivity contribution in [3.05, 3.63) is 35.9 Å². The second-order valence-electron chi connectivity index (χ2n) is 8.01. The predicted octanol–water partition coefficient (Wildman–Crippen LogP) is 4.95. The lowest BCUT2D eigenvalue weighted by molar-refractivity contribution is -0.00000523. The monoisotopic (exact) mass is 414 g/mol. The zero-order chi connectivity index (χ0) is 17.0. The largest absolute Gasteiger partial charge is 1.00 e. The van der Waals surface area contributed by atoms with Gasteiger partial charge in [0.1, 0.15) is 0 Å². The lowest BCUT2D eigenvalue weighted by Crippen LogP contribution is -3.00. The molecule has 0 saturated carbocycles. The fourth-order valence-corrected chi connectivity index (χ4v) is 5.53. The van der Waals surface area contributed by atoms with Gasteiger partial charge in [0.15, 0.2) is 0 Å². The van der Waals surface area contributed by atoms with Gasteiger partial charge in [-0.3, -0.25) is 0 Å². The minimum Gasteiger partial charge on any atom is -1.00 e. The average Bonchev–Trinajstić information content (AvgIpc) is 2.52. The van der Waals surface area contributed by atoms with Crippen LogP contribution in [-0.2, 0) is 0 Å². The highest BCUT2D eigenvalue weighted by Crippen LogP contribution is 2.62. The maximum atomic E-state index is 2.50. The van der Waals surface area contributed by atoms with Gasteiger partial charge in [0, 0.05) is 27.3 Å². The van der Waals surface area contributed by atoms with Crippen molar-refractivity contribution in [1.82, 2.24) is 0 Å². The van der Waals surface area contributed by atoms with Crippen LogP contribution in [0.1, 0.15) is 88.8 Å². The van der Waals surface area contributed by atoms with E-state index in [4.69, 9.17) is 0 Å². The molecule has 0 nitrogen and oxygen atoms in total. The maximum Gasteiger partial charge on any atom is 0.0937 e. The van der Waals surface area contributed by atoms with Gasteiger partial charge in [-0.15, -0.1) is 0 Å². The number of benzene rings is 1. The van der Waals surface area contributed by atoms with E-state index < -0.39 is 7.26 Å². The minimum absolute atomic E-state index is 0. The molecule has 2 heteroatoms. The summed E-state index contributed by atoms with van der Waals surface area (Å²) in [7, 11) is -0.825. The molecule has 1 unspecified atom stereocenters. The number of rotatable bonds is 13. The molecule has 0 aliphatic heterocycles. The van der Waals surface area contributed by atoms with Crippen LogP contribution in [-0.4, -0.2) is 20.0 Å². The molecule has 0 spiro atoms. The first kappa shape index (κ1) is 24.1. The molecule has 140 valence electrons. The lowest BCUT2D eigenvalue weighted by Gasteiger charge is -2.25. The van der Waals surface area contributed by atoms with Crippen LogP contribution in [0.3, 0.4) is 0 Å². The molecule has 0 heterocycles. The maximum absolute atomic E-state index is 2.50. The standard InChI is InChI=1S/C22H40P.BrH/c1-5-6-7-8-9-10-11-12-13-17-20-22(23(2,3)4)21-18-15-14-16-19-21;/h14-16,18-19,22H,5-13,17,20H2,1-4H3;1H/q+1;/p-1. The van der Waals surface area contributed by atoms with Crippen molar-refractivity contribution in [2.45, 2.75) is 83.2 Å². The highest BCUT2D eigenvalue weighted by Gasteiger charge is 2.31. The molecule has 0 aliphatic carbocycles. The molecule has 1 atom stereocenters. The molecular formula is C22H40BrP. The third kappa shape index (κ3) is 10.9. The molecule has 0 bridgehead atoms. The van der Waals surface area contributed by atoms with Crippen LogP contribution >= 0.6 is 7.26 Å². The third-order valence-electron chi connectivity index (χ3n) is 4.95. The van der Waals surface area contributed by atoms with Crippen LogP contribution in [0.15, 0.2) is 30.3 Å². The van der Waals surface area contributed by atoms with Crippen molar-refractivity contribution in [3.8, 4) is 0 Å². The van der Waals surface area contributed by atoms with Gasteiger partial charge in [0.05, 0.1) is 5.66 Å². The van der Waals surface area contributed by atoms with Crippen LogP contribution in [0.25, 0.3) is 0 Å². The Balaban J connectivity index is 0.00000529. The summed E-state index contributed by atoms with van der Waals surface area (Å²) in [6.07, 6.45) is 15.7. The van der Waals surface area contributed by atoms with Gasteiger partial charge in [0.2, 0.25) is 0 Å². The van der Waals surface area contributed by atoms with Crippen molar-refractivity contribution >= 4 is 7.26 Å². The highest BCUT2D eigenvalue weighted by atomic mass is 79.9. The van der Waals surface area contributed by atoms with E-state index >= 15 is 0 Å². The summed E-state index contributed by atoms with van der Waals surface area (Å²) in [5.41, 5.74) is 2.38. The predicted molar refractivity (Wildman–Crippen MR) is 110 cm³/mol. The Hall–Kier alpha value is 0.130. The Bertz CT molecular complexity index is 383. The van der Waals surface area contributed by atoms with Crippen LogP contribution in [0.4, 0.5) is 0 Å². The van der Waals surface area contributed by atoms with E-state index in [0.29, 0.717) is 0 Å². The molecule has 0 aromatic heterocycles. The molecule has 1 aromatic rings. The molecule has 24 heavy (non-hydrogen) atoms. The van der Waals surface area contributed by atoms with Gasteiger partial charge in [-0.2, -0.15) is 0 Å². The van der Waals surface area contributed by atoms with E-state index in [1.165, 1.54) is 70.6 Å². The van der Waals surface area contributed by atoms with E-state index in [1.807, 2.05) is 0 Å². The molecule has 0 aliphatic rings. The Morgan fingerprint density at radius 3 is 1.62 bits per heavy atom. The second kappa shape index (κ2) is 14.3. The Morgan fingerprint density at radius 2 is 1.17 bits per heavy atom. The van der Waals surface area contributed by atoms with E-state index in [0.717, 1.165) is 5.66 Å². The summed E-state index contributed by atoms with van der Waals surface area (Å²) in [5.74, 6) is 0. The zero-order valence-corrected chi connectivity index (χ0v) is 19.0. The number of hydrogen-bond donors (Lipinski definition) is 0. The van der Waals surface area contributed by atoms with E-state index in [-0.39, 0.29) is 17.0 Å². The summed E-state index contributed by atoms with van der Waals surface area (Å²) in [6, 6.07) is 11.2. The molecule has 1 aromatic carbocycles. The quantitative estimate of drug-likeness (QED) is 0.316. The topological polar surface area (TPSA) is 0 Å². The van der Waals surface area contributed by atoms with Crippen LogP contribution in [0.5, 0.6) is 0 Å². The fraction of sp³-hybridized carbons (Fsp3) is 0.727. The number of unbranched alkanes of at least 4 members (excludes halogenated alkanes) is 9. The molecular weight excluding hydrogens is 375 g/mol. The Morgan fingerprint density at radius 1 is 0.708 bits per heavy atom. The van der Waals surface area contributed by atoms with Crippen molar-refractivity contribution in [2.24, 2.45) is 0 Å². The van der Waals surface area contributed by atoms with Gasteiger partial charge in [-0.05, 0) is 18.4 Å². The molecule has 1 rings (SSSR count). The SMILES string of the molecule is CCCCCCCCCCCCC(c1ccccc1)[P+](C)(C)C.[Br-]. The second-order valence-corrected chi connectivity index (χ2v) is 12.9. The Kier molecular flexibility index (Phi) is 14.4. The van der Waals surface area contributed by atoms with Crippen LogP contribution in [0, 0.1) is 0 Å². The smallest absolute Gasteiger partial charge is 0.0937 e. The van der Waals surface area contributed by atoms with Crippen molar-refractivity contribution in [3.63, 3.8) is 0 Å². The molecule has 0 saturated heterocycles. The highest BCUT2D eigenvalue weighted by molar-refractivity contribution is 7.74. The summed E-state index contributed by atoms with van der Waals surface area (Å²) in [6.45, 7) is 9.80. The number of halogens is 1. The fourth-order valence-electron chi connectivity index (χ4n) is 3.50. The van der Waals surface area contributed by atoms with Crippen LogP contribution < -0.4 is 17.0 Å². The molecule has 0 N–H and O–H groups in total. The van der Waals surface area contributed by atoms with Gasteiger partial charge in [-0.1, -0.05) is 95.0 Å². The molecule has 0 amide bonds. The summed E-state index contributed by atoms with van der Waals surface area (Å²) < 4.78 is 0. The first-order chi connectivity index (χ1) is 11.1. The summed E-state index contributed by atoms with van der Waals surface area (Å²) >= 11 is 0. The summed E-state index contributed by atoms with van der Waals surface area (Å²) in [5, 5.41) is 0. The lowest BCUT2D eigenvalue weighted by atomic mass is 10.0. The average molecular weight is 415 g/mol. The van der Waals surface area contributed by atoms with E-state index in [9.17, 15) is 0 Å². The minimum atomic E-state index is -0.825. The normalized spacial score (nSPS) is 12.7. The number of hydrogen-bond acceptors (Lipinski definition) is 0. The van der Waals surface area contributed by atoms with Crippen molar-refractivity contribution in [1.29, 1.82) is 0 Å². The van der Waals surface area contributed by atoms with Crippen molar-refractivity contribution < 1.29 is 17.0 Å².